The largest absolute Gasteiger partial charge is 0.311 e. The summed E-state index contributed by atoms with van der Waals surface area (Å²) in [4.78, 5) is -0.102. The molecule has 0 radical (unpaired) electrons. The number of aryl methyl sites for hydroxylation is 1. The van der Waals surface area contributed by atoms with Gasteiger partial charge in [0.05, 0.1) is 21.7 Å². The first-order chi connectivity index (χ1) is 13.1. The fraction of sp³-hybridized carbons (Fsp3) is 0.368. The van der Waals surface area contributed by atoms with E-state index in [1.165, 1.54) is 19.1 Å². The van der Waals surface area contributed by atoms with Crippen molar-refractivity contribution in [1.29, 1.82) is 0 Å². The summed E-state index contributed by atoms with van der Waals surface area (Å²) in [6.07, 6.45) is 0.297. The molecule has 1 heterocycles. The van der Waals surface area contributed by atoms with Crippen molar-refractivity contribution in [2.45, 2.75) is 29.5 Å². The molecule has 0 saturated carbocycles. The topological polar surface area (TPSA) is 80.3 Å². The molecule has 0 amide bonds. The number of halogens is 2. The van der Waals surface area contributed by atoms with Gasteiger partial charge in [0.25, 0.3) is 0 Å². The van der Waals surface area contributed by atoms with Gasteiger partial charge >= 0.3 is 0 Å². The third-order valence-electron chi connectivity index (χ3n) is 4.92. The summed E-state index contributed by atoms with van der Waals surface area (Å²) in [5, 5.41) is 1.79. The molecule has 1 N–H and O–H groups in total. The third kappa shape index (κ3) is 4.42. The number of benzene rings is 2. The second kappa shape index (κ2) is 7.88. The van der Waals surface area contributed by atoms with E-state index in [9.17, 15) is 25.6 Å². The molecule has 5 nitrogen and oxygen atoms in total. The van der Waals surface area contributed by atoms with Gasteiger partial charge in [-0.05, 0) is 55.3 Å². The fourth-order valence-electron chi connectivity index (χ4n) is 3.37. The first-order valence-electron chi connectivity index (χ1n) is 8.77. The zero-order chi connectivity index (χ0) is 20.5. The average molecular weight is 430 g/mol. The van der Waals surface area contributed by atoms with E-state index in [-0.39, 0.29) is 28.6 Å². The van der Waals surface area contributed by atoms with Crippen molar-refractivity contribution in [3.63, 3.8) is 0 Å². The van der Waals surface area contributed by atoms with Gasteiger partial charge in [-0.3, -0.25) is 0 Å². The maximum atomic E-state index is 13.7. The van der Waals surface area contributed by atoms with E-state index in [0.29, 0.717) is 12.0 Å². The van der Waals surface area contributed by atoms with Crippen molar-refractivity contribution in [3.8, 4) is 0 Å². The molecule has 9 heteroatoms. The Hall–Kier alpha value is -1.84. The third-order valence-corrected chi connectivity index (χ3v) is 9.06. The van der Waals surface area contributed by atoms with Crippen molar-refractivity contribution < 1.29 is 25.6 Å². The van der Waals surface area contributed by atoms with Gasteiger partial charge in [0.1, 0.15) is 11.6 Å². The molecule has 2 atom stereocenters. The molecule has 0 unspecified atom stereocenters. The Morgan fingerprint density at radius 3 is 2.46 bits per heavy atom. The van der Waals surface area contributed by atoms with Gasteiger partial charge in [-0.15, -0.1) is 0 Å². The van der Waals surface area contributed by atoms with Gasteiger partial charge < -0.3 is 5.32 Å². The first-order valence-corrected chi connectivity index (χ1v) is 12.1. The number of nitrogens with one attached hydrogen (secondary N) is 1. The molecule has 0 bridgehead atoms. The summed E-state index contributed by atoms with van der Waals surface area (Å²) >= 11 is 0. The normalized spacial score (nSPS) is 21.7. The van der Waals surface area contributed by atoms with Crippen LogP contribution in [0.25, 0.3) is 0 Å². The van der Waals surface area contributed by atoms with Gasteiger partial charge in [0, 0.05) is 6.04 Å². The second-order valence-electron chi connectivity index (χ2n) is 6.97. The minimum Gasteiger partial charge on any atom is -0.311 e. The van der Waals surface area contributed by atoms with Gasteiger partial charge in [0.15, 0.2) is 19.7 Å². The van der Waals surface area contributed by atoms with Crippen molar-refractivity contribution in [2.24, 2.45) is 0 Å². The highest BCUT2D eigenvalue weighted by Crippen LogP contribution is 2.27. The van der Waals surface area contributed by atoms with Crippen LogP contribution in [0.15, 0.2) is 47.4 Å². The Bertz CT molecular complexity index is 1080. The molecule has 28 heavy (non-hydrogen) atoms. The predicted octanol–water partition coefficient (Wildman–Crippen LogP) is 2.04. The van der Waals surface area contributed by atoms with E-state index in [1.54, 1.807) is 18.2 Å². The monoisotopic (exact) mass is 429 g/mol. The number of hydrogen-bond donors (Lipinski definition) is 1. The standard InChI is InChI=1S/C19H21F2NO4S2/c1-13-10-15(6-7-16(13)20)28(25,26)19-12-27(23,24)11-18(19)22-9-8-14-4-2-3-5-17(14)21/h2-7,10,18-19,22H,8-9,11-12H2,1H3/t18-,19-/m1/s1. The van der Waals surface area contributed by atoms with E-state index >= 15 is 0 Å². The molecular weight excluding hydrogens is 408 g/mol. The molecule has 3 rings (SSSR count). The Balaban J connectivity index is 1.79. The van der Waals surface area contributed by atoms with Crippen LogP contribution in [0.3, 0.4) is 0 Å². The lowest BCUT2D eigenvalue weighted by Crippen LogP contribution is -2.44. The van der Waals surface area contributed by atoms with Crippen LogP contribution in [0.1, 0.15) is 11.1 Å². The van der Waals surface area contributed by atoms with E-state index in [2.05, 4.69) is 5.32 Å². The van der Waals surface area contributed by atoms with Crippen molar-refractivity contribution in [1.82, 2.24) is 5.32 Å². The summed E-state index contributed by atoms with van der Waals surface area (Å²) in [7, 11) is -7.53. The summed E-state index contributed by atoms with van der Waals surface area (Å²) in [6.45, 7) is 1.68. The minimum atomic E-state index is -3.98. The summed E-state index contributed by atoms with van der Waals surface area (Å²) in [5.41, 5.74) is 0.635. The molecule has 2 aromatic carbocycles. The number of sulfone groups is 2. The van der Waals surface area contributed by atoms with E-state index in [1.807, 2.05) is 0 Å². The number of rotatable bonds is 6. The van der Waals surface area contributed by atoms with Crippen LogP contribution in [-0.2, 0) is 26.1 Å². The van der Waals surface area contributed by atoms with Crippen molar-refractivity contribution >= 4 is 19.7 Å². The summed E-state index contributed by atoms with van der Waals surface area (Å²) in [6, 6.07) is 8.84. The van der Waals surface area contributed by atoms with Gasteiger partial charge in [-0.2, -0.15) is 0 Å². The van der Waals surface area contributed by atoms with Crippen molar-refractivity contribution in [2.75, 3.05) is 18.1 Å². The molecule has 0 aliphatic carbocycles. The Morgan fingerprint density at radius 1 is 1.07 bits per heavy atom. The first kappa shape index (κ1) is 20.9. The Labute approximate surface area is 163 Å². The molecule has 1 fully saturated rings. The van der Waals surface area contributed by atoms with Crippen LogP contribution in [0.2, 0.25) is 0 Å². The molecular formula is C19H21F2NO4S2. The average Bonchev–Trinajstić information content (AvgIpc) is 2.94. The van der Waals surface area contributed by atoms with E-state index in [0.717, 1.165) is 12.1 Å². The number of hydrogen-bond acceptors (Lipinski definition) is 5. The van der Waals surface area contributed by atoms with E-state index < -0.39 is 42.5 Å². The van der Waals surface area contributed by atoms with Crippen molar-refractivity contribution in [3.05, 3.63) is 65.2 Å². The Kier molecular flexibility index (Phi) is 5.88. The maximum Gasteiger partial charge on any atom is 0.183 e. The van der Waals surface area contributed by atoms with Crippen LogP contribution < -0.4 is 5.32 Å². The summed E-state index contributed by atoms with van der Waals surface area (Å²) < 4.78 is 77.4. The zero-order valence-electron chi connectivity index (χ0n) is 15.2. The van der Waals surface area contributed by atoms with Crippen LogP contribution in [0, 0.1) is 18.6 Å². The van der Waals surface area contributed by atoms with Gasteiger partial charge in [0.2, 0.25) is 0 Å². The zero-order valence-corrected chi connectivity index (χ0v) is 16.9. The van der Waals surface area contributed by atoms with Crippen LogP contribution in [0.4, 0.5) is 8.78 Å². The molecule has 1 aliphatic heterocycles. The fourth-order valence-corrected chi connectivity index (χ4v) is 8.17. The molecule has 0 aromatic heterocycles. The lowest BCUT2D eigenvalue weighted by Gasteiger charge is -2.20. The lowest BCUT2D eigenvalue weighted by molar-refractivity contribution is 0.523. The highest BCUT2D eigenvalue weighted by atomic mass is 32.2. The smallest absolute Gasteiger partial charge is 0.183 e. The van der Waals surface area contributed by atoms with Crippen LogP contribution in [-0.4, -0.2) is 46.2 Å². The second-order valence-corrected chi connectivity index (χ2v) is 11.3. The molecule has 1 aliphatic rings. The highest BCUT2D eigenvalue weighted by molar-refractivity contribution is 7.96. The molecule has 0 spiro atoms. The minimum absolute atomic E-state index is 0.102. The molecule has 2 aromatic rings. The van der Waals surface area contributed by atoms with Gasteiger partial charge in [-0.25, -0.2) is 25.6 Å². The maximum absolute atomic E-state index is 13.7. The van der Waals surface area contributed by atoms with Gasteiger partial charge in [-0.1, -0.05) is 18.2 Å². The molecule has 152 valence electrons. The highest BCUT2D eigenvalue weighted by Gasteiger charge is 2.45. The van der Waals surface area contributed by atoms with Crippen LogP contribution in [0.5, 0.6) is 0 Å². The quantitative estimate of drug-likeness (QED) is 0.711. The van der Waals surface area contributed by atoms with Crippen LogP contribution >= 0.6 is 0 Å². The summed E-state index contributed by atoms with van der Waals surface area (Å²) in [5.74, 6) is -1.70. The lowest BCUT2D eigenvalue weighted by atomic mass is 10.1. The SMILES string of the molecule is Cc1cc(S(=O)(=O)[C@@H]2CS(=O)(=O)C[C@H]2NCCc2ccccc2F)ccc1F. The predicted molar refractivity (Wildman–Crippen MR) is 103 cm³/mol. The molecule has 1 saturated heterocycles. The van der Waals surface area contributed by atoms with E-state index in [4.69, 9.17) is 0 Å². The Morgan fingerprint density at radius 2 is 1.79 bits per heavy atom.